The van der Waals surface area contributed by atoms with Crippen molar-refractivity contribution in [3.05, 3.63) is 40.4 Å². The molecule has 0 atom stereocenters. The lowest BCUT2D eigenvalue weighted by Crippen LogP contribution is -1.77. The fourth-order valence-electron chi connectivity index (χ4n) is 0.856. The molecule has 0 aliphatic carbocycles. The van der Waals surface area contributed by atoms with Crippen LogP contribution in [-0.2, 0) is 4.79 Å². The smallest absolute Gasteiger partial charge is 0.145 e. The molecule has 0 saturated carbocycles. The lowest BCUT2D eigenvalue weighted by Gasteiger charge is -1.93. The minimum atomic E-state index is 0.705. The van der Waals surface area contributed by atoms with Gasteiger partial charge in [-0.25, -0.2) is 0 Å². The number of allylic oxidation sites excluding steroid dienone is 1. The maximum Gasteiger partial charge on any atom is 0.145 e. The molecule has 0 bridgehead atoms. The van der Waals surface area contributed by atoms with Gasteiger partial charge >= 0.3 is 0 Å². The van der Waals surface area contributed by atoms with E-state index in [4.69, 9.17) is 11.6 Å². The molecule has 1 nitrogen and oxygen atoms in total. The quantitative estimate of drug-likeness (QED) is 0.505. The van der Waals surface area contributed by atoms with Gasteiger partial charge in [-0.05, 0) is 36.3 Å². The summed E-state index contributed by atoms with van der Waals surface area (Å²) in [4.78, 5) is 10.3. The summed E-state index contributed by atoms with van der Waals surface area (Å²) in [6.07, 6.45) is 2.64. The predicted octanol–water partition coefficient (Wildman–Crippen LogP) is 2.94. The highest BCUT2D eigenvalue weighted by Gasteiger charge is 1.89. The molecular weight excluding hydrogens is 172 g/mol. The molecule has 0 fully saturated rings. The molecule has 0 heterocycles. The fraction of sp³-hybridized carbons (Fsp3) is 0.100. The molecule has 0 aliphatic rings. The minimum absolute atomic E-state index is 0.705. The van der Waals surface area contributed by atoms with E-state index in [9.17, 15) is 4.79 Å². The third kappa shape index (κ3) is 2.51. The Morgan fingerprint density at radius 1 is 1.33 bits per heavy atom. The molecular formula is C10H9ClO. The van der Waals surface area contributed by atoms with Crippen molar-refractivity contribution in [3.8, 4) is 0 Å². The summed E-state index contributed by atoms with van der Waals surface area (Å²) in [5.74, 6) is 0. The second kappa shape index (κ2) is 4.07. The molecule has 12 heavy (non-hydrogen) atoms. The lowest BCUT2D eigenvalue weighted by atomic mass is 10.1. The second-order valence-electron chi connectivity index (χ2n) is 2.56. The number of hydrogen-bond donors (Lipinski definition) is 0. The zero-order valence-electron chi connectivity index (χ0n) is 6.75. The van der Waals surface area contributed by atoms with E-state index < -0.39 is 0 Å². The lowest BCUT2D eigenvalue weighted by molar-refractivity contribution is -0.104. The summed E-state index contributed by atoms with van der Waals surface area (Å²) in [7, 11) is 0. The molecule has 0 amide bonds. The van der Waals surface area contributed by atoms with Crippen molar-refractivity contribution in [2.75, 3.05) is 0 Å². The SMILES string of the molecule is CC(C=O)=Cc1ccc(Cl)cc1. The Morgan fingerprint density at radius 3 is 2.42 bits per heavy atom. The average molecular weight is 181 g/mol. The molecule has 0 spiro atoms. The van der Waals surface area contributed by atoms with E-state index in [0.717, 1.165) is 11.8 Å². The van der Waals surface area contributed by atoms with Gasteiger partial charge in [0, 0.05) is 5.02 Å². The number of carbonyl (C=O) groups is 1. The molecule has 0 aromatic heterocycles. The highest BCUT2D eigenvalue weighted by Crippen LogP contribution is 2.11. The summed E-state index contributed by atoms with van der Waals surface area (Å²) in [5, 5.41) is 0.705. The number of halogens is 1. The van der Waals surface area contributed by atoms with Crippen LogP contribution in [-0.4, -0.2) is 6.29 Å². The van der Waals surface area contributed by atoms with Gasteiger partial charge in [-0.2, -0.15) is 0 Å². The van der Waals surface area contributed by atoms with Crippen molar-refractivity contribution < 1.29 is 4.79 Å². The van der Waals surface area contributed by atoms with E-state index in [1.807, 2.05) is 18.2 Å². The van der Waals surface area contributed by atoms with Crippen LogP contribution in [0.3, 0.4) is 0 Å². The van der Waals surface area contributed by atoms with Gasteiger partial charge in [-0.15, -0.1) is 0 Å². The summed E-state index contributed by atoms with van der Waals surface area (Å²) >= 11 is 5.69. The Hall–Kier alpha value is -1.08. The molecule has 1 aromatic rings. The molecule has 0 unspecified atom stereocenters. The third-order valence-corrected chi connectivity index (χ3v) is 1.70. The maximum atomic E-state index is 10.3. The van der Waals surface area contributed by atoms with Crippen molar-refractivity contribution in [1.29, 1.82) is 0 Å². The number of benzene rings is 1. The second-order valence-corrected chi connectivity index (χ2v) is 2.99. The molecule has 0 N–H and O–H groups in total. The van der Waals surface area contributed by atoms with Gasteiger partial charge in [0.15, 0.2) is 0 Å². The van der Waals surface area contributed by atoms with Crippen LogP contribution in [0.15, 0.2) is 29.8 Å². The molecule has 2 heteroatoms. The van der Waals surface area contributed by atoms with Crippen molar-refractivity contribution in [3.63, 3.8) is 0 Å². The fourth-order valence-corrected chi connectivity index (χ4v) is 0.982. The normalized spacial score (nSPS) is 11.3. The van der Waals surface area contributed by atoms with Gasteiger partial charge < -0.3 is 0 Å². The van der Waals surface area contributed by atoms with Gasteiger partial charge in [0.1, 0.15) is 6.29 Å². The van der Waals surface area contributed by atoms with E-state index >= 15 is 0 Å². The van der Waals surface area contributed by atoms with Gasteiger partial charge in [0.05, 0.1) is 0 Å². The van der Waals surface area contributed by atoms with E-state index in [0.29, 0.717) is 10.6 Å². The van der Waals surface area contributed by atoms with Crippen LogP contribution in [0, 0.1) is 0 Å². The van der Waals surface area contributed by atoms with Crippen LogP contribution in [0.25, 0.3) is 6.08 Å². The summed E-state index contributed by atoms with van der Waals surface area (Å²) in [5.41, 5.74) is 1.70. The molecule has 0 saturated heterocycles. The van der Waals surface area contributed by atoms with Crippen LogP contribution in [0.5, 0.6) is 0 Å². The van der Waals surface area contributed by atoms with Crippen molar-refractivity contribution >= 4 is 24.0 Å². The van der Waals surface area contributed by atoms with Gasteiger partial charge in [-0.3, -0.25) is 4.79 Å². The standard InChI is InChI=1S/C10H9ClO/c1-8(7-12)6-9-2-4-10(11)5-3-9/h2-7H,1H3. The van der Waals surface area contributed by atoms with Crippen molar-refractivity contribution in [1.82, 2.24) is 0 Å². The topological polar surface area (TPSA) is 17.1 Å². The average Bonchev–Trinajstić information content (AvgIpc) is 2.09. The zero-order valence-corrected chi connectivity index (χ0v) is 7.51. The Kier molecular flexibility index (Phi) is 3.06. The monoisotopic (exact) mass is 180 g/mol. The van der Waals surface area contributed by atoms with E-state index in [1.54, 1.807) is 19.1 Å². The number of aldehydes is 1. The van der Waals surface area contributed by atoms with E-state index in [2.05, 4.69) is 0 Å². The van der Waals surface area contributed by atoms with Crippen LogP contribution >= 0.6 is 11.6 Å². The van der Waals surface area contributed by atoms with Crippen LogP contribution in [0.4, 0.5) is 0 Å². The first-order valence-electron chi connectivity index (χ1n) is 3.61. The summed E-state index contributed by atoms with van der Waals surface area (Å²) in [6.45, 7) is 1.77. The molecule has 1 rings (SSSR count). The van der Waals surface area contributed by atoms with Gasteiger partial charge in [-0.1, -0.05) is 23.7 Å². The Morgan fingerprint density at radius 2 is 1.92 bits per heavy atom. The largest absolute Gasteiger partial charge is 0.298 e. The molecule has 1 aromatic carbocycles. The van der Waals surface area contributed by atoms with E-state index in [-0.39, 0.29) is 0 Å². The summed E-state index contributed by atoms with van der Waals surface area (Å²) in [6, 6.07) is 7.33. The Balaban J connectivity index is 2.91. The zero-order chi connectivity index (χ0) is 8.97. The Bertz CT molecular complexity index is 298. The number of carbonyl (C=O) groups excluding carboxylic acids is 1. The summed E-state index contributed by atoms with van der Waals surface area (Å²) < 4.78 is 0. The van der Waals surface area contributed by atoms with Crippen LogP contribution in [0.2, 0.25) is 5.02 Å². The molecule has 62 valence electrons. The highest BCUT2D eigenvalue weighted by molar-refractivity contribution is 6.30. The Labute approximate surface area is 76.7 Å². The first kappa shape index (κ1) is 9.01. The number of rotatable bonds is 2. The predicted molar refractivity (Wildman–Crippen MR) is 51.2 cm³/mol. The number of hydrogen-bond acceptors (Lipinski definition) is 1. The van der Waals surface area contributed by atoms with Crippen molar-refractivity contribution in [2.45, 2.75) is 6.92 Å². The van der Waals surface area contributed by atoms with Crippen molar-refractivity contribution in [2.24, 2.45) is 0 Å². The van der Waals surface area contributed by atoms with Gasteiger partial charge in [0.25, 0.3) is 0 Å². The molecule has 0 radical (unpaired) electrons. The van der Waals surface area contributed by atoms with Gasteiger partial charge in [0.2, 0.25) is 0 Å². The maximum absolute atomic E-state index is 10.3. The van der Waals surface area contributed by atoms with Crippen LogP contribution < -0.4 is 0 Å². The minimum Gasteiger partial charge on any atom is -0.298 e. The van der Waals surface area contributed by atoms with E-state index in [1.165, 1.54) is 0 Å². The highest BCUT2D eigenvalue weighted by atomic mass is 35.5. The third-order valence-electron chi connectivity index (χ3n) is 1.45. The van der Waals surface area contributed by atoms with Crippen LogP contribution in [0.1, 0.15) is 12.5 Å². The first-order valence-corrected chi connectivity index (χ1v) is 3.99. The molecule has 0 aliphatic heterocycles. The first-order chi connectivity index (χ1) is 5.72.